The normalized spacial score (nSPS) is 11.9. The number of fused-ring (bicyclic) bond motifs is 1. The second kappa shape index (κ2) is 9.09. The molecule has 4 aromatic rings. The van der Waals surface area contributed by atoms with Gasteiger partial charge in [0.1, 0.15) is 11.5 Å². The Bertz CT molecular complexity index is 1250. The Morgan fingerprint density at radius 1 is 1.07 bits per heavy atom. The summed E-state index contributed by atoms with van der Waals surface area (Å²) in [7, 11) is 0. The molecule has 0 bridgehead atoms. The number of rotatable bonds is 8. The highest BCUT2D eigenvalue weighted by Gasteiger charge is 2.12. The van der Waals surface area contributed by atoms with Crippen molar-refractivity contribution in [1.82, 2.24) is 14.6 Å². The van der Waals surface area contributed by atoms with Gasteiger partial charge in [0.2, 0.25) is 4.96 Å². The molecule has 0 saturated heterocycles. The molecule has 2 heterocycles. The van der Waals surface area contributed by atoms with Crippen LogP contribution in [0.25, 0.3) is 22.4 Å². The predicted octanol–water partition coefficient (Wildman–Crippen LogP) is 3.94. The summed E-state index contributed by atoms with van der Waals surface area (Å²) in [6, 6.07) is 15.3. The highest BCUT2D eigenvalue weighted by molar-refractivity contribution is 7.15. The predicted molar refractivity (Wildman–Crippen MR) is 119 cm³/mol. The Hall–Kier alpha value is -3.19. The third-order valence-corrected chi connectivity index (χ3v) is 5.49. The van der Waals surface area contributed by atoms with Gasteiger partial charge < -0.3 is 9.47 Å². The maximum absolute atomic E-state index is 12.8. The van der Waals surface area contributed by atoms with Crippen LogP contribution in [0.4, 0.5) is 0 Å². The van der Waals surface area contributed by atoms with Crippen molar-refractivity contribution in [2.45, 2.75) is 26.7 Å². The molecule has 154 valence electrons. The van der Waals surface area contributed by atoms with Crippen LogP contribution in [-0.4, -0.2) is 27.8 Å². The van der Waals surface area contributed by atoms with E-state index in [4.69, 9.17) is 9.47 Å². The van der Waals surface area contributed by atoms with Crippen LogP contribution in [0.1, 0.15) is 32.3 Å². The molecule has 0 radical (unpaired) electrons. The first-order chi connectivity index (χ1) is 14.7. The van der Waals surface area contributed by atoms with Gasteiger partial charge >= 0.3 is 0 Å². The summed E-state index contributed by atoms with van der Waals surface area (Å²) in [4.78, 5) is 17.9. The topological polar surface area (TPSA) is 65.7 Å². The summed E-state index contributed by atoms with van der Waals surface area (Å²) >= 11 is 1.33. The fraction of sp³-hybridized carbons (Fsp3) is 0.261. The monoisotopic (exact) mass is 421 g/mol. The highest BCUT2D eigenvalue weighted by atomic mass is 32.1. The van der Waals surface area contributed by atoms with Gasteiger partial charge in [-0.15, -0.1) is 5.10 Å². The van der Waals surface area contributed by atoms with E-state index in [1.807, 2.05) is 61.5 Å². The number of thiazole rings is 1. The van der Waals surface area contributed by atoms with Crippen molar-refractivity contribution in [2.75, 3.05) is 13.2 Å². The molecule has 4 rings (SSSR count). The van der Waals surface area contributed by atoms with E-state index in [9.17, 15) is 4.79 Å². The van der Waals surface area contributed by atoms with Crippen LogP contribution in [0, 0.1) is 0 Å². The molecule has 0 aliphatic carbocycles. The quantitative estimate of drug-likeness (QED) is 0.403. The average Bonchev–Trinajstić information content (AvgIpc) is 3.29. The summed E-state index contributed by atoms with van der Waals surface area (Å²) in [6.07, 6.45) is 3.97. The number of hydrogen-bond donors (Lipinski definition) is 0. The minimum Gasteiger partial charge on any atom is -0.494 e. The third kappa shape index (κ3) is 4.36. The first-order valence-corrected chi connectivity index (χ1v) is 10.9. The number of benzene rings is 2. The first-order valence-electron chi connectivity index (χ1n) is 10.1. The van der Waals surface area contributed by atoms with Crippen LogP contribution in [0.5, 0.6) is 11.5 Å². The summed E-state index contributed by atoms with van der Waals surface area (Å²) in [5, 5.41) is 4.41. The van der Waals surface area contributed by atoms with Crippen molar-refractivity contribution in [3.8, 4) is 22.9 Å². The number of unbranched alkanes of at least 4 members (excludes halogenated alkanes) is 1. The van der Waals surface area contributed by atoms with Gasteiger partial charge in [0, 0.05) is 5.56 Å². The molecule has 6 nitrogen and oxygen atoms in total. The number of hydrogen-bond acceptors (Lipinski definition) is 6. The largest absolute Gasteiger partial charge is 0.494 e. The van der Waals surface area contributed by atoms with E-state index in [1.54, 1.807) is 0 Å². The first kappa shape index (κ1) is 20.1. The van der Waals surface area contributed by atoms with Crippen LogP contribution >= 0.6 is 11.3 Å². The van der Waals surface area contributed by atoms with E-state index in [2.05, 4.69) is 17.0 Å². The number of nitrogens with zero attached hydrogens (tertiary/aromatic N) is 3. The molecule has 0 atom stereocenters. The van der Waals surface area contributed by atoms with Crippen molar-refractivity contribution in [3.63, 3.8) is 0 Å². The van der Waals surface area contributed by atoms with Crippen molar-refractivity contribution in [3.05, 3.63) is 69.0 Å². The van der Waals surface area contributed by atoms with Crippen LogP contribution in [0.2, 0.25) is 0 Å². The summed E-state index contributed by atoms with van der Waals surface area (Å²) < 4.78 is 13.2. The molecule has 2 aromatic carbocycles. The van der Waals surface area contributed by atoms with Gasteiger partial charge in [-0.2, -0.15) is 9.50 Å². The lowest BCUT2D eigenvalue weighted by atomic mass is 10.2. The van der Waals surface area contributed by atoms with Crippen molar-refractivity contribution < 1.29 is 9.47 Å². The Balaban J connectivity index is 1.59. The van der Waals surface area contributed by atoms with Crippen LogP contribution in [-0.2, 0) is 0 Å². The average molecular weight is 422 g/mol. The lowest BCUT2D eigenvalue weighted by molar-refractivity contribution is 0.309. The van der Waals surface area contributed by atoms with Crippen LogP contribution in [0.3, 0.4) is 0 Å². The van der Waals surface area contributed by atoms with E-state index in [0.29, 0.717) is 28.5 Å². The Morgan fingerprint density at radius 2 is 1.90 bits per heavy atom. The molecule has 0 aliphatic rings. The van der Waals surface area contributed by atoms with E-state index >= 15 is 0 Å². The lowest BCUT2D eigenvalue weighted by Crippen LogP contribution is -2.23. The maximum atomic E-state index is 12.8. The van der Waals surface area contributed by atoms with Crippen molar-refractivity contribution in [1.29, 1.82) is 0 Å². The molecule has 7 heteroatoms. The van der Waals surface area contributed by atoms with E-state index < -0.39 is 0 Å². The van der Waals surface area contributed by atoms with E-state index in [-0.39, 0.29) is 5.56 Å². The van der Waals surface area contributed by atoms with Crippen molar-refractivity contribution >= 4 is 22.4 Å². The Morgan fingerprint density at radius 3 is 2.63 bits per heavy atom. The van der Waals surface area contributed by atoms with Gasteiger partial charge in [-0.1, -0.05) is 36.8 Å². The summed E-state index contributed by atoms with van der Waals surface area (Å²) in [6.45, 7) is 5.38. The molecule has 0 amide bonds. The zero-order valence-corrected chi connectivity index (χ0v) is 17.8. The van der Waals surface area contributed by atoms with Crippen LogP contribution in [0.15, 0.2) is 53.3 Å². The molecule has 0 unspecified atom stereocenters. The van der Waals surface area contributed by atoms with E-state index in [0.717, 1.165) is 35.5 Å². The molecule has 0 N–H and O–H groups in total. The SMILES string of the molecule is CCCCOc1ccc(-c2nc3sc(=Cc4cccc(OCC)c4)c(=O)n3n2)cc1. The van der Waals surface area contributed by atoms with Gasteiger partial charge in [-0.3, -0.25) is 4.79 Å². The second-order valence-corrected chi connectivity index (χ2v) is 7.79. The van der Waals surface area contributed by atoms with Crippen molar-refractivity contribution in [2.24, 2.45) is 0 Å². The molecule has 2 aromatic heterocycles. The van der Waals surface area contributed by atoms with Crippen LogP contribution < -0.4 is 19.6 Å². The molecular formula is C23H23N3O3S. The fourth-order valence-electron chi connectivity index (χ4n) is 3.00. The molecule has 0 fully saturated rings. The minimum absolute atomic E-state index is 0.171. The smallest absolute Gasteiger partial charge is 0.291 e. The van der Waals surface area contributed by atoms with Gasteiger partial charge in [0.15, 0.2) is 5.82 Å². The van der Waals surface area contributed by atoms with Gasteiger partial charge in [-0.05, 0) is 61.4 Å². The maximum Gasteiger partial charge on any atom is 0.291 e. The highest BCUT2D eigenvalue weighted by Crippen LogP contribution is 2.21. The van der Waals surface area contributed by atoms with E-state index in [1.165, 1.54) is 15.9 Å². The molecule has 0 aliphatic heterocycles. The minimum atomic E-state index is -0.171. The second-order valence-electron chi connectivity index (χ2n) is 6.78. The third-order valence-electron chi connectivity index (χ3n) is 4.53. The van der Waals surface area contributed by atoms with Gasteiger partial charge in [0.25, 0.3) is 5.56 Å². The standard InChI is InChI=1S/C23H23N3O3S/c1-3-5-13-29-18-11-9-17(10-12-18)21-24-23-26(25-21)22(27)20(30-23)15-16-7-6-8-19(14-16)28-4-2/h6-12,14-15H,3-5,13H2,1-2H3. The zero-order valence-electron chi connectivity index (χ0n) is 17.0. The summed E-state index contributed by atoms with van der Waals surface area (Å²) in [5.74, 6) is 2.13. The molecule has 0 saturated carbocycles. The fourth-order valence-corrected chi connectivity index (χ4v) is 3.91. The number of ether oxygens (including phenoxy) is 2. The molecule has 30 heavy (non-hydrogen) atoms. The van der Waals surface area contributed by atoms with Gasteiger partial charge in [-0.25, -0.2) is 0 Å². The Kier molecular flexibility index (Phi) is 6.09. The lowest BCUT2D eigenvalue weighted by Gasteiger charge is -2.05. The Labute approximate surface area is 178 Å². The summed E-state index contributed by atoms with van der Waals surface area (Å²) in [5.41, 5.74) is 1.58. The molecular weight excluding hydrogens is 398 g/mol. The van der Waals surface area contributed by atoms with Gasteiger partial charge in [0.05, 0.1) is 17.7 Å². The zero-order chi connectivity index (χ0) is 20.9. The molecule has 0 spiro atoms. The number of aromatic nitrogens is 3.